The zero-order valence-electron chi connectivity index (χ0n) is 11.7. The Morgan fingerprint density at radius 1 is 1.36 bits per heavy atom. The van der Waals surface area contributed by atoms with Gasteiger partial charge in [-0.3, -0.25) is 15.0 Å². The number of anilines is 3. The second-order valence-corrected chi connectivity index (χ2v) is 6.05. The number of hydrogen-bond acceptors (Lipinski definition) is 9. The molecule has 0 bridgehead atoms. The molecule has 1 aromatic carbocycles. The first-order valence-electron chi connectivity index (χ1n) is 6.29. The van der Waals surface area contributed by atoms with E-state index in [0.29, 0.717) is 34.6 Å². The highest BCUT2D eigenvalue weighted by Gasteiger charge is 2.18. The summed E-state index contributed by atoms with van der Waals surface area (Å²) in [5.74, 6) is 1.83. The fraction of sp³-hybridized carbons (Fsp3) is 0.364. The largest absolute Gasteiger partial charge is 0.383 e. The first kappa shape index (κ1) is 16.2. The van der Waals surface area contributed by atoms with E-state index in [9.17, 15) is 9.59 Å². The monoisotopic (exact) mass is 341 g/mol. The van der Waals surface area contributed by atoms with Gasteiger partial charge in [0.15, 0.2) is 11.8 Å². The molecule has 0 saturated heterocycles. The predicted molar refractivity (Wildman–Crippen MR) is 91.0 cm³/mol. The predicted octanol–water partition coefficient (Wildman–Crippen LogP) is -0.174. The van der Waals surface area contributed by atoms with Crippen molar-refractivity contribution in [3.63, 3.8) is 0 Å². The maximum atomic E-state index is 11.3. The van der Waals surface area contributed by atoms with Crippen molar-refractivity contribution in [2.45, 2.75) is 5.75 Å². The van der Waals surface area contributed by atoms with Gasteiger partial charge < -0.3 is 21.7 Å². The van der Waals surface area contributed by atoms with E-state index < -0.39 is 10.9 Å². The Labute approximate surface area is 134 Å². The third kappa shape index (κ3) is 3.74. The summed E-state index contributed by atoms with van der Waals surface area (Å²) in [6.45, 7) is 0.562. The zero-order chi connectivity index (χ0) is 16.1. The first-order chi connectivity index (χ1) is 10.5. The summed E-state index contributed by atoms with van der Waals surface area (Å²) < 4.78 is 4.13. The molecule has 0 saturated carbocycles. The van der Waals surface area contributed by atoms with Gasteiger partial charge in [0.05, 0.1) is 5.75 Å². The van der Waals surface area contributed by atoms with Crippen LogP contribution in [0.15, 0.2) is 9.59 Å². The second kappa shape index (κ2) is 7.22. The first-order valence-corrected chi connectivity index (χ1v) is 8.22. The molecule has 6 N–H and O–H groups in total. The van der Waals surface area contributed by atoms with Crippen LogP contribution in [0, 0.1) is 5.41 Å². The van der Waals surface area contributed by atoms with Gasteiger partial charge in [0, 0.05) is 30.9 Å². The Bertz CT molecular complexity index is 735. The third-order valence-corrected chi connectivity index (χ3v) is 4.27. The van der Waals surface area contributed by atoms with Crippen LogP contribution < -0.4 is 32.5 Å². The Balaban J connectivity index is 1.70. The van der Waals surface area contributed by atoms with E-state index in [4.69, 9.17) is 11.1 Å². The van der Waals surface area contributed by atoms with Crippen LogP contribution >= 0.6 is 23.3 Å². The smallest absolute Gasteiger partial charge is 0.253 e. The highest BCUT2D eigenvalue weighted by atomic mass is 32.2. The van der Waals surface area contributed by atoms with Crippen molar-refractivity contribution in [1.82, 2.24) is 9.36 Å². The van der Waals surface area contributed by atoms with Gasteiger partial charge >= 0.3 is 0 Å². The highest BCUT2D eigenvalue weighted by Crippen LogP contribution is 2.16. The van der Waals surface area contributed by atoms with Gasteiger partial charge in [0.1, 0.15) is 11.4 Å². The van der Waals surface area contributed by atoms with E-state index in [0.717, 1.165) is 17.3 Å². The summed E-state index contributed by atoms with van der Waals surface area (Å²) in [6, 6.07) is 0. The minimum atomic E-state index is -0.477. The van der Waals surface area contributed by atoms with Crippen molar-refractivity contribution in [1.29, 1.82) is 5.41 Å². The average molecular weight is 341 g/mol. The molecule has 0 radical (unpaired) electrons. The molecular formula is C11H15N7O2S2. The molecule has 0 unspecified atom stereocenters. The van der Waals surface area contributed by atoms with Gasteiger partial charge in [-0.15, -0.1) is 0 Å². The van der Waals surface area contributed by atoms with Crippen LogP contribution in [-0.4, -0.2) is 34.7 Å². The van der Waals surface area contributed by atoms with Crippen molar-refractivity contribution in [2.24, 2.45) is 5.73 Å². The van der Waals surface area contributed by atoms with E-state index >= 15 is 0 Å². The molecule has 22 heavy (non-hydrogen) atoms. The zero-order valence-corrected chi connectivity index (χ0v) is 13.4. The van der Waals surface area contributed by atoms with Crippen LogP contribution in [0.4, 0.5) is 16.5 Å². The van der Waals surface area contributed by atoms with Crippen LogP contribution in [-0.2, 0) is 5.75 Å². The van der Waals surface area contributed by atoms with Crippen LogP contribution in [0.3, 0.4) is 0 Å². The molecule has 0 aliphatic heterocycles. The molecule has 0 atom stereocenters. The van der Waals surface area contributed by atoms with E-state index in [1.165, 1.54) is 0 Å². The van der Waals surface area contributed by atoms with Crippen LogP contribution in [0.25, 0.3) is 0 Å². The normalized spacial score (nSPS) is 10.6. The Morgan fingerprint density at radius 2 is 2.09 bits per heavy atom. The van der Waals surface area contributed by atoms with E-state index in [-0.39, 0.29) is 5.96 Å². The number of rotatable bonds is 8. The molecule has 0 spiro atoms. The SMILES string of the molecule is CNc1c(NCCSCc2nsc(NC(=N)N)n2)c(=O)c1=O. The number of nitrogens with zero attached hydrogens (tertiary/aromatic N) is 2. The standard InChI is InChI=1S/C11H15N7O2S2/c1-14-6-7(9(20)8(6)19)15-2-3-21-4-5-16-11(22-18-5)17-10(12)13/h14-15H,2-4H2,1H3,(H4,12,13,16,17,18). The molecule has 1 aromatic heterocycles. The van der Waals surface area contributed by atoms with Crippen LogP contribution in [0.2, 0.25) is 0 Å². The lowest BCUT2D eigenvalue weighted by atomic mass is 10.2. The van der Waals surface area contributed by atoms with Gasteiger partial charge in [-0.05, 0) is 0 Å². The molecule has 0 fully saturated rings. The Morgan fingerprint density at radius 3 is 2.77 bits per heavy atom. The third-order valence-electron chi connectivity index (χ3n) is 2.65. The molecule has 9 nitrogen and oxygen atoms in total. The molecular weight excluding hydrogens is 326 g/mol. The quantitative estimate of drug-likeness (QED) is 0.191. The van der Waals surface area contributed by atoms with Gasteiger partial charge in [-0.2, -0.15) is 16.1 Å². The lowest BCUT2D eigenvalue weighted by molar-refractivity contribution is 1.13. The van der Waals surface area contributed by atoms with Gasteiger partial charge in [-0.25, -0.2) is 4.98 Å². The molecule has 11 heteroatoms. The molecule has 2 aromatic rings. The topological polar surface area (TPSA) is 146 Å². The minimum Gasteiger partial charge on any atom is -0.383 e. The lowest BCUT2D eigenvalue weighted by Gasteiger charge is -2.11. The van der Waals surface area contributed by atoms with Crippen LogP contribution in [0.1, 0.15) is 5.82 Å². The summed E-state index contributed by atoms with van der Waals surface area (Å²) in [5.41, 5.74) is 4.95. The van der Waals surface area contributed by atoms with Gasteiger partial charge in [0.2, 0.25) is 5.13 Å². The molecule has 2 rings (SSSR count). The van der Waals surface area contributed by atoms with E-state index in [1.54, 1.807) is 18.8 Å². The summed E-state index contributed by atoms with van der Waals surface area (Å²) in [7, 11) is 1.61. The van der Waals surface area contributed by atoms with E-state index in [2.05, 4.69) is 25.3 Å². The van der Waals surface area contributed by atoms with Gasteiger partial charge in [-0.1, -0.05) is 0 Å². The molecule has 0 aliphatic rings. The molecule has 118 valence electrons. The number of guanidine groups is 1. The Kier molecular flexibility index (Phi) is 5.33. The number of aromatic nitrogens is 2. The minimum absolute atomic E-state index is 0.173. The number of nitrogens with one attached hydrogen (secondary N) is 4. The Hall–Kier alpha value is -2.14. The number of thioether (sulfide) groups is 1. The molecule has 0 aliphatic carbocycles. The maximum Gasteiger partial charge on any atom is 0.253 e. The summed E-state index contributed by atoms with van der Waals surface area (Å²) >= 11 is 2.74. The number of nitrogens with two attached hydrogens (primary N) is 1. The van der Waals surface area contributed by atoms with Crippen LogP contribution in [0.5, 0.6) is 0 Å². The summed E-state index contributed by atoms with van der Waals surface area (Å²) in [6.07, 6.45) is 0. The fourth-order valence-electron chi connectivity index (χ4n) is 1.69. The summed E-state index contributed by atoms with van der Waals surface area (Å²) in [4.78, 5) is 26.7. The molecule has 0 amide bonds. The molecule has 1 heterocycles. The second-order valence-electron chi connectivity index (χ2n) is 4.19. The summed E-state index contributed by atoms with van der Waals surface area (Å²) in [5, 5.41) is 15.8. The van der Waals surface area contributed by atoms with Crippen molar-refractivity contribution in [2.75, 3.05) is 35.3 Å². The van der Waals surface area contributed by atoms with Gasteiger partial charge in [0.25, 0.3) is 10.9 Å². The van der Waals surface area contributed by atoms with Crippen molar-refractivity contribution in [3.05, 3.63) is 26.3 Å². The lowest BCUT2D eigenvalue weighted by Crippen LogP contribution is -2.37. The number of hydrogen-bond donors (Lipinski definition) is 5. The fourth-order valence-corrected chi connectivity index (χ4v) is 3.07. The van der Waals surface area contributed by atoms with E-state index in [1.807, 2.05) is 0 Å². The maximum absolute atomic E-state index is 11.3. The van der Waals surface area contributed by atoms with Crippen molar-refractivity contribution >= 4 is 45.8 Å². The highest BCUT2D eigenvalue weighted by molar-refractivity contribution is 7.98. The van der Waals surface area contributed by atoms with Crippen molar-refractivity contribution in [3.8, 4) is 0 Å². The average Bonchev–Trinajstić information content (AvgIpc) is 2.91. The van der Waals surface area contributed by atoms with Crippen molar-refractivity contribution < 1.29 is 0 Å².